The zero-order chi connectivity index (χ0) is 15.0. The molecule has 0 radical (unpaired) electrons. The van der Waals surface area contributed by atoms with Crippen molar-refractivity contribution in [2.45, 2.75) is 25.3 Å². The fraction of sp³-hybridized carbons (Fsp3) is 0.250. The first-order valence-electron chi connectivity index (χ1n) is 6.77. The first-order valence-corrected chi connectivity index (χ1v) is 6.77. The SMILES string of the molecule is Oc1ccc2c(c1)C(Nc1cc(F)c(F)cc1F)CCC2. The van der Waals surface area contributed by atoms with E-state index < -0.39 is 17.5 Å². The molecule has 1 atom stereocenters. The molecule has 2 aromatic carbocycles. The number of aryl methyl sites for hydroxylation is 1. The van der Waals surface area contributed by atoms with Gasteiger partial charge in [0.05, 0.1) is 11.7 Å². The number of anilines is 1. The Labute approximate surface area is 120 Å². The quantitative estimate of drug-likeness (QED) is 0.809. The number of benzene rings is 2. The lowest BCUT2D eigenvalue weighted by molar-refractivity contribution is 0.471. The summed E-state index contributed by atoms with van der Waals surface area (Å²) in [5, 5.41) is 12.5. The van der Waals surface area contributed by atoms with Gasteiger partial charge in [-0.2, -0.15) is 0 Å². The minimum absolute atomic E-state index is 0.0740. The van der Waals surface area contributed by atoms with Crippen LogP contribution >= 0.6 is 0 Å². The summed E-state index contributed by atoms with van der Waals surface area (Å²) in [5.41, 5.74) is 1.86. The van der Waals surface area contributed by atoms with Crippen LogP contribution < -0.4 is 5.32 Å². The number of halogens is 3. The fourth-order valence-electron chi connectivity index (χ4n) is 2.76. The number of phenols is 1. The summed E-state index contributed by atoms with van der Waals surface area (Å²) in [6.07, 6.45) is 2.52. The molecule has 1 aliphatic carbocycles. The zero-order valence-electron chi connectivity index (χ0n) is 11.2. The lowest BCUT2D eigenvalue weighted by atomic mass is 9.87. The van der Waals surface area contributed by atoms with Crippen molar-refractivity contribution in [2.24, 2.45) is 0 Å². The van der Waals surface area contributed by atoms with E-state index in [4.69, 9.17) is 0 Å². The van der Waals surface area contributed by atoms with E-state index >= 15 is 0 Å². The molecule has 2 aromatic rings. The Bertz CT molecular complexity index is 687. The van der Waals surface area contributed by atoms with Gasteiger partial charge >= 0.3 is 0 Å². The molecule has 1 aliphatic rings. The molecule has 110 valence electrons. The van der Waals surface area contributed by atoms with Gasteiger partial charge in [-0.3, -0.25) is 0 Å². The third-order valence-corrected chi connectivity index (χ3v) is 3.78. The highest BCUT2D eigenvalue weighted by atomic mass is 19.2. The van der Waals surface area contributed by atoms with E-state index in [0.29, 0.717) is 6.07 Å². The first kappa shape index (κ1) is 13.8. The number of aromatic hydroxyl groups is 1. The minimum atomic E-state index is -1.21. The third kappa shape index (κ3) is 2.68. The average Bonchev–Trinajstić information content (AvgIpc) is 2.45. The molecule has 0 saturated heterocycles. The van der Waals surface area contributed by atoms with E-state index in [2.05, 4.69) is 5.32 Å². The topological polar surface area (TPSA) is 32.3 Å². The Kier molecular flexibility index (Phi) is 3.49. The Morgan fingerprint density at radius 2 is 1.76 bits per heavy atom. The average molecular weight is 293 g/mol. The maximum Gasteiger partial charge on any atom is 0.161 e. The van der Waals surface area contributed by atoms with Gasteiger partial charge in [0.2, 0.25) is 0 Å². The molecule has 0 aromatic heterocycles. The molecule has 0 saturated carbocycles. The second-order valence-corrected chi connectivity index (χ2v) is 5.22. The predicted octanol–water partition coefficient (Wildman–Crippen LogP) is 4.30. The zero-order valence-corrected chi connectivity index (χ0v) is 11.2. The van der Waals surface area contributed by atoms with Crippen molar-refractivity contribution in [3.8, 4) is 5.75 Å². The van der Waals surface area contributed by atoms with E-state index in [-0.39, 0.29) is 17.5 Å². The number of rotatable bonds is 2. The number of nitrogens with one attached hydrogen (secondary N) is 1. The van der Waals surface area contributed by atoms with Crippen molar-refractivity contribution in [3.63, 3.8) is 0 Å². The maximum absolute atomic E-state index is 13.7. The van der Waals surface area contributed by atoms with E-state index in [9.17, 15) is 18.3 Å². The van der Waals surface area contributed by atoms with E-state index in [1.807, 2.05) is 6.07 Å². The monoisotopic (exact) mass is 293 g/mol. The molecule has 0 fully saturated rings. The van der Waals surface area contributed by atoms with Crippen LogP contribution in [0.4, 0.5) is 18.9 Å². The summed E-state index contributed by atoms with van der Waals surface area (Å²) < 4.78 is 39.9. The summed E-state index contributed by atoms with van der Waals surface area (Å²) in [4.78, 5) is 0. The summed E-state index contributed by atoms with van der Waals surface area (Å²) in [5.74, 6) is -3.00. The van der Waals surface area contributed by atoms with Crippen LogP contribution in [-0.2, 0) is 6.42 Å². The van der Waals surface area contributed by atoms with Crippen molar-refractivity contribution in [3.05, 3.63) is 58.9 Å². The standard InChI is InChI=1S/C16H14F3NO/c17-12-7-14(19)16(8-13(12)18)20-15-3-1-2-9-4-5-10(21)6-11(9)15/h4-8,15,20-21H,1-3H2. The molecule has 5 heteroatoms. The number of phenolic OH excluding ortho intramolecular Hbond substituents is 1. The molecular formula is C16H14F3NO. The van der Waals surface area contributed by atoms with Crippen LogP contribution in [0, 0.1) is 17.5 Å². The summed E-state index contributed by atoms with van der Waals surface area (Å²) in [6.45, 7) is 0. The molecule has 1 unspecified atom stereocenters. The fourth-order valence-corrected chi connectivity index (χ4v) is 2.76. The van der Waals surface area contributed by atoms with Crippen molar-refractivity contribution in [1.29, 1.82) is 0 Å². The van der Waals surface area contributed by atoms with Crippen LogP contribution in [0.15, 0.2) is 30.3 Å². The molecular weight excluding hydrogens is 279 g/mol. The largest absolute Gasteiger partial charge is 0.508 e. The Morgan fingerprint density at radius 1 is 1.00 bits per heavy atom. The van der Waals surface area contributed by atoms with E-state index in [1.165, 1.54) is 0 Å². The van der Waals surface area contributed by atoms with Gasteiger partial charge < -0.3 is 10.4 Å². The van der Waals surface area contributed by atoms with Crippen LogP contribution in [0.2, 0.25) is 0 Å². The second-order valence-electron chi connectivity index (χ2n) is 5.22. The van der Waals surface area contributed by atoms with Crippen LogP contribution in [0.1, 0.15) is 30.0 Å². The van der Waals surface area contributed by atoms with Gasteiger partial charge in [-0.05, 0) is 42.5 Å². The molecule has 3 rings (SSSR count). The lowest BCUT2D eigenvalue weighted by Crippen LogP contribution is -2.18. The van der Waals surface area contributed by atoms with Gasteiger partial charge in [-0.15, -0.1) is 0 Å². The highest BCUT2D eigenvalue weighted by molar-refractivity contribution is 5.50. The molecule has 0 aliphatic heterocycles. The first-order chi connectivity index (χ1) is 10.0. The van der Waals surface area contributed by atoms with Gasteiger partial charge in [0.1, 0.15) is 11.6 Å². The van der Waals surface area contributed by atoms with Gasteiger partial charge in [0, 0.05) is 12.1 Å². The van der Waals surface area contributed by atoms with Crippen LogP contribution in [0.5, 0.6) is 5.75 Å². The number of hydrogen-bond donors (Lipinski definition) is 2. The van der Waals surface area contributed by atoms with Crippen LogP contribution in [0.25, 0.3) is 0 Å². The van der Waals surface area contributed by atoms with Gasteiger partial charge in [0.25, 0.3) is 0 Å². The van der Waals surface area contributed by atoms with E-state index in [0.717, 1.165) is 36.5 Å². The van der Waals surface area contributed by atoms with Crippen molar-refractivity contribution in [2.75, 3.05) is 5.32 Å². The Balaban J connectivity index is 1.93. The van der Waals surface area contributed by atoms with Crippen molar-refractivity contribution >= 4 is 5.69 Å². The maximum atomic E-state index is 13.7. The van der Waals surface area contributed by atoms with Crippen molar-refractivity contribution in [1.82, 2.24) is 0 Å². The molecule has 2 nitrogen and oxygen atoms in total. The number of hydrogen-bond acceptors (Lipinski definition) is 2. The number of fused-ring (bicyclic) bond motifs is 1. The summed E-state index contributed by atoms with van der Waals surface area (Å²) in [7, 11) is 0. The lowest BCUT2D eigenvalue weighted by Gasteiger charge is -2.27. The van der Waals surface area contributed by atoms with Crippen LogP contribution in [-0.4, -0.2) is 5.11 Å². The summed E-state index contributed by atoms with van der Waals surface area (Å²) >= 11 is 0. The second kappa shape index (κ2) is 5.31. The highest BCUT2D eigenvalue weighted by Crippen LogP contribution is 2.35. The van der Waals surface area contributed by atoms with Crippen molar-refractivity contribution < 1.29 is 18.3 Å². The van der Waals surface area contributed by atoms with Crippen LogP contribution in [0.3, 0.4) is 0 Å². The smallest absolute Gasteiger partial charge is 0.161 e. The highest BCUT2D eigenvalue weighted by Gasteiger charge is 2.22. The summed E-state index contributed by atoms with van der Waals surface area (Å²) in [6, 6.07) is 6.19. The van der Waals surface area contributed by atoms with Gasteiger partial charge in [-0.1, -0.05) is 6.07 Å². The normalized spacial score (nSPS) is 17.4. The van der Waals surface area contributed by atoms with E-state index in [1.54, 1.807) is 12.1 Å². The van der Waals surface area contributed by atoms with Gasteiger partial charge in [-0.25, -0.2) is 13.2 Å². The molecule has 2 N–H and O–H groups in total. The Morgan fingerprint density at radius 3 is 2.57 bits per heavy atom. The molecule has 0 heterocycles. The molecule has 0 bridgehead atoms. The molecule has 0 spiro atoms. The predicted molar refractivity (Wildman–Crippen MR) is 73.7 cm³/mol. The molecule has 0 amide bonds. The Hall–Kier alpha value is -2.17. The minimum Gasteiger partial charge on any atom is -0.508 e. The molecule has 21 heavy (non-hydrogen) atoms. The third-order valence-electron chi connectivity index (χ3n) is 3.78. The van der Waals surface area contributed by atoms with Gasteiger partial charge in [0.15, 0.2) is 11.6 Å².